The van der Waals surface area contributed by atoms with Crippen LogP contribution >= 0.6 is 23.2 Å². The molecule has 0 saturated heterocycles. The number of hydrogen-bond donors (Lipinski definition) is 1. The van der Waals surface area contributed by atoms with Gasteiger partial charge in [0.05, 0.1) is 5.02 Å². The molecule has 0 amide bonds. The Morgan fingerprint density at radius 2 is 2.12 bits per heavy atom. The van der Waals surface area contributed by atoms with Crippen molar-refractivity contribution in [3.05, 3.63) is 34.4 Å². The average molecular weight is 254 g/mol. The van der Waals surface area contributed by atoms with Crippen LogP contribution in [-0.2, 0) is 0 Å². The second kappa shape index (κ2) is 3.50. The molecular formula is C10H5Cl2N3O. The van der Waals surface area contributed by atoms with Gasteiger partial charge in [0, 0.05) is 11.2 Å². The zero-order valence-corrected chi connectivity index (χ0v) is 9.38. The Morgan fingerprint density at radius 3 is 2.88 bits per heavy atom. The predicted molar refractivity (Wildman–Crippen MR) is 61.6 cm³/mol. The Bertz CT molecular complexity index is 645. The third-order valence-corrected chi connectivity index (χ3v) is 2.64. The van der Waals surface area contributed by atoms with Crippen molar-refractivity contribution in [2.75, 3.05) is 0 Å². The van der Waals surface area contributed by atoms with Gasteiger partial charge < -0.3 is 4.42 Å². The largest absolute Gasteiger partial charge is 0.433 e. The first kappa shape index (κ1) is 9.69. The first-order valence-corrected chi connectivity index (χ1v) is 5.25. The van der Waals surface area contributed by atoms with Gasteiger partial charge in [-0.05, 0) is 18.2 Å². The summed E-state index contributed by atoms with van der Waals surface area (Å²) in [6, 6.07) is 5.08. The zero-order valence-electron chi connectivity index (χ0n) is 7.87. The minimum Gasteiger partial charge on any atom is -0.433 e. The fourth-order valence-electron chi connectivity index (χ4n) is 1.45. The topological polar surface area (TPSA) is 54.7 Å². The van der Waals surface area contributed by atoms with Gasteiger partial charge in [0.1, 0.15) is 11.2 Å². The lowest BCUT2D eigenvalue weighted by molar-refractivity contribution is 0.616. The number of aromatic nitrogens is 3. The fourth-order valence-corrected chi connectivity index (χ4v) is 1.97. The molecule has 3 aromatic rings. The van der Waals surface area contributed by atoms with Crippen molar-refractivity contribution in [1.29, 1.82) is 0 Å². The van der Waals surface area contributed by atoms with Gasteiger partial charge in [-0.15, -0.1) is 0 Å². The van der Waals surface area contributed by atoms with Crippen molar-refractivity contribution in [2.45, 2.75) is 0 Å². The summed E-state index contributed by atoms with van der Waals surface area (Å²) in [5.74, 6) is 0.441. The standard InChI is InChI=1S/C10H5Cl2N3O/c11-5-3-6(12)9-8(4-5)14-10(16-9)7-1-2-13-15-7/h1-4H,(H,13,15). The number of H-pyrrole nitrogens is 1. The van der Waals surface area contributed by atoms with E-state index in [0.29, 0.717) is 32.7 Å². The summed E-state index contributed by atoms with van der Waals surface area (Å²) < 4.78 is 5.53. The summed E-state index contributed by atoms with van der Waals surface area (Å²) in [6.07, 6.45) is 1.62. The van der Waals surface area contributed by atoms with Crippen LogP contribution in [0.4, 0.5) is 0 Å². The minimum absolute atomic E-state index is 0.441. The highest BCUT2D eigenvalue weighted by molar-refractivity contribution is 6.38. The number of aromatic amines is 1. The molecule has 2 heterocycles. The third kappa shape index (κ3) is 1.47. The molecule has 1 aromatic carbocycles. The van der Waals surface area contributed by atoms with Gasteiger partial charge in [-0.25, -0.2) is 4.98 Å². The van der Waals surface area contributed by atoms with Crippen molar-refractivity contribution in [3.63, 3.8) is 0 Å². The molecule has 2 aromatic heterocycles. The smallest absolute Gasteiger partial charge is 0.245 e. The Labute approximate surface area is 100 Å². The van der Waals surface area contributed by atoms with Gasteiger partial charge in [-0.1, -0.05) is 23.2 Å². The highest BCUT2D eigenvalue weighted by atomic mass is 35.5. The van der Waals surface area contributed by atoms with Crippen LogP contribution in [0.1, 0.15) is 0 Å². The molecular weight excluding hydrogens is 249 g/mol. The maximum absolute atomic E-state index is 5.99. The van der Waals surface area contributed by atoms with Crippen molar-refractivity contribution in [2.24, 2.45) is 0 Å². The molecule has 4 nitrogen and oxygen atoms in total. The van der Waals surface area contributed by atoms with Crippen molar-refractivity contribution < 1.29 is 4.42 Å². The van der Waals surface area contributed by atoms with Crippen LogP contribution in [0.25, 0.3) is 22.7 Å². The molecule has 0 aliphatic rings. The molecule has 0 radical (unpaired) electrons. The summed E-state index contributed by atoms with van der Waals surface area (Å²) in [5, 5.41) is 7.57. The van der Waals surface area contributed by atoms with Crippen LogP contribution in [0.5, 0.6) is 0 Å². The molecule has 0 saturated carbocycles. The molecule has 0 aliphatic heterocycles. The number of halogens is 2. The molecule has 0 spiro atoms. The summed E-state index contributed by atoms with van der Waals surface area (Å²) in [5.41, 5.74) is 1.85. The number of benzene rings is 1. The molecule has 6 heteroatoms. The minimum atomic E-state index is 0.441. The first-order valence-electron chi connectivity index (χ1n) is 4.49. The Kier molecular flexibility index (Phi) is 2.12. The number of rotatable bonds is 1. The number of fused-ring (bicyclic) bond motifs is 1. The van der Waals surface area contributed by atoms with E-state index < -0.39 is 0 Å². The van der Waals surface area contributed by atoms with Crippen LogP contribution in [0.15, 0.2) is 28.8 Å². The number of oxazole rings is 1. The lowest BCUT2D eigenvalue weighted by Crippen LogP contribution is -1.76. The molecule has 0 fully saturated rings. The maximum Gasteiger partial charge on any atom is 0.245 e. The fraction of sp³-hybridized carbons (Fsp3) is 0. The molecule has 0 aliphatic carbocycles. The highest BCUT2D eigenvalue weighted by Gasteiger charge is 2.12. The van der Waals surface area contributed by atoms with E-state index in [0.717, 1.165) is 0 Å². The summed E-state index contributed by atoms with van der Waals surface area (Å²) in [6.45, 7) is 0. The Morgan fingerprint density at radius 1 is 1.25 bits per heavy atom. The predicted octanol–water partition coefficient (Wildman–Crippen LogP) is 3.52. The lowest BCUT2D eigenvalue weighted by Gasteiger charge is -1.91. The van der Waals surface area contributed by atoms with Gasteiger partial charge in [0.25, 0.3) is 0 Å². The van der Waals surface area contributed by atoms with Gasteiger partial charge in [0.2, 0.25) is 5.89 Å². The Hall–Kier alpha value is -1.52. The SMILES string of the molecule is Clc1cc(Cl)c2oc(-c3ccn[nH]3)nc2c1. The van der Waals surface area contributed by atoms with E-state index in [4.69, 9.17) is 27.6 Å². The van der Waals surface area contributed by atoms with Crippen LogP contribution in [0.2, 0.25) is 10.0 Å². The van der Waals surface area contributed by atoms with Crippen LogP contribution < -0.4 is 0 Å². The lowest BCUT2D eigenvalue weighted by atomic mass is 10.3. The van der Waals surface area contributed by atoms with Gasteiger partial charge in [0.15, 0.2) is 5.58 Å². The summed E-state index contributed by atoms with van der Waals surface area (Å²) >= 11 is 11.9. The van der Waals surface area contributed by atoms with E-state index in [9.17, 15) is 0 Å². The number of hydrogen-bond acceptors (Lipinski definition) is 3. The highest BCUT2D eigenvalue weighted by Crippen LogP contribution is 2.30. The normalized spacial score (nSPS) is 11.1. The van der Waals surface area contributed by atoms with Crippen LogP contribution in [0.3, 0.4) is 0 Å². The maximum atomic E-state index is 5.99. The monoisotopic (exact) mass is 253 g/mol. The van der Waals surface area contributed by atoms with E-state index in [1.807, 2.05) is 0 Å². The van der Waals surface area contributed by atoms with E-state index in [2.05, 4.69) is 15.2 Å². The second-order valence-electron chi connectivity index (χ2n) is 3.23. The third-order valence-electron chi connectivity index (χ3n) is 2.14. The molecule has 80 valence electrons. The van der Waals surface area contributed by atoms with Crippen molar-refractivity contribution in [1.82, 2.24) is 15.2 Å². The molecule has 0 unspecified atom stereocenters. The molecule has 0 bridgehead atoms. The number of nitrogens with zero attached hydrogens (tertiary/aromatic N) is 2. The van der Waals surface area contributed by atoms with Gasteiger partial charge in [-0.2, -0.15) is 5.10 Å². The number of nitrogens with one attached hydrogen (secondary N) is 1. The van der Waals surface area contributed by atoms with Crippen LogP contribution in [-0.4, -0.2) is 15.2 Å². The Balaban J connectivity index is 2.27. The zero-order chi connectivity index (χ0) is 11.1. The van der Waals surface area contributed by atoms with E-state index in [-0.39, 0.29) is 0 Å². The van der Waals surface area contributed by atoms with E-state index >= 15 is 0 Å². The molecule has 16 heavy (non-hydrogen) atoms. The van der Waals surface area contributed by atoms with Crippen molar-refractivity contribution >= 4 is 34.3 Å². The quantitative estimate of drug-likeness (QED) is 0.722. The van der Waals surface area contributed by atoms with Crippen LogP contribution in [0, 0.1) is 0 Å². The van der Waals surface area contributed by atoms with Crippen molar-refractivity contribution in [3.8, 4) is 11.6 Å². The molecule has 3 rings (SSSR count). The summed E-state index contributed by atoms with van der Waals surface area (Å²) in [4.78, 5) is 4.27. The summed E-state index contributed by atoms with van der Waals surface area (Å²) in [7, 11) is 0. The van der Waals surface area contributed by atoms with E-state index in [1.54, 1.807) is 24.4 Å². The average Bonchev–Trinajstić information content (AvgIpc) is 2.82. The van der Waals surface area contributed by atoms with Gasteiger partial charge >= 0.3 is 0 Å². The molecule has 0 atom stereocenters. The molecule has 1 N–H and O–H groups in total. The van der Waals surface area contributed by atoms with E-state index in [1.165, 1.54) is 0 Å². The second-order valence-corrected chi connectivity index (χ2v) is 4.07. The first-order chi connectivity index (χ1) is 7.74. The van der Waals surface area contributed by atoms with Gasteiger partial charge in [-0.3, -0.25) is 5.10 Å².